The van der Waals surface area contributed by atoms with Gasteiger partial charge in [-0.2, -0.15) is 0 Å². The summed E-state index contributed by atoms with van der Waals surface area (Å²) >= 11 is 0. The van der Waals surface area contributed by atoms with E-state index in [-0.39, 0.29) is 11.8 Å². The third-order valence-electron chi connectivity index (χ3n) is 3.71. The number of aromatic carboxylic acids is 1. The van der Waals surface area contributed by atoms with Crippen molar-refractivity contribution in [2.24, 2.45) is 0 Å². The molecule has 1 N–H and O–H groups in total. The molecule has 0 fully saturated rings. The number of carbonyl (C=O) groups is 1. The molecule has 21 heavy (non-hydrogen) atoms. The average Bonchev–Trinajstić information content (AvgIpc) is 3.01. The summed E-state index contributed by atoms with van der Waals surface area (Å²) in [5.41, 5.74) is 3.07. The van der Waals surface area contributed by atoms with Gasteiger partial charge in [-0.25, -0.2) is 9.48 Å². The van der Waals surface area contributed by atoms with Crippen LogP contribution in [-0.2, 0) is 19.4 Å². The second-order valence-corrected chi connectivity index (χ2v) is 5.28. The molecule has 2 heterocycles. The van der Waals surface area contributed by atoms with Crippen molar-refractivity contribution in [1.29, 1.82) is 0 Å². The Balaban J connectivity index is 1.79. The Morgan fingerprint density at radius 2 is 2.33 bits per heavy atom. The number of hydrogen-bond donors (Lipinski definition) is 1. The van der Waals surface area contributed by atoms with Crippen LogP contribution in [0.1, 0.15) is 34.2 Å². The maximum Gasteiger partial charge on any atom is 0.358 e. The van der Waals surface area contributed by atoms with Crippen molar-refractivity contribution in [3.05, 3.63) is 40.7 Å². The molecule has 1 aromatic carbocycles. The van der Waals surface area contributed by atoms with Gasteiger partial charge in [0, 0.05) is 6.42 Å². The van der Waals surface area contributed by atoms with Crippen LogP contribution in [0.5, 0.6) is 5.75 Å². The van der Waals surface area contributed by atoms with Gasteiger partial charge in [0.15, 0.2) is 5.69 Å². The van der Waals surface area contributed by atoms with Crippen LogP contribution >= 0.6 is 0 Å². The molecule has 0 amide bonds. The second-order valence-electron chi connectivity index (χ2n) is 5.28. The zero-order valence-electron chi connectivity index (χ0n) is 12.0. The lowest BCUT2D eigenvalue weighted by molar-refractivity contribution is 0.0689. The summed E-state index contributed by atoms with van der Waals surface area (Å²) in [5.74, 6) is -0.133. The highest BCUT2D eigenvalue weighted by molar-refractivity contribution is 5.86. The van der Waals surface area contributed by atoms with Crippen molar-refractivity contribution in [2.75, 3.05) is 0 Å². The Labute approximate surface area is 122 Å². The van der Waals surface area contributed by atoms with E-state index in [9.17, 15) is 4.79 Å². The summed E-state index contributed by atoms with van der Waals surface area (Å²) in [7, 11) is 0. The van der Waals surface area contributed by atoms with Crippen LogP contribution in [0.3, 0.4) is 0 Å². The summed E-state index contributed by atoms with van der Waals surface area (Å²) in [6.07, 6.45) is 1.35. The monoisotopic (exact) mass is 287 g/mol. The number of ether oxygens (including phenoxy) is 1. The molecular formula is C15H17N3O3. The first-order chi connectivity index (χ1) is 10.1. The quantitative estimate of drug-likeness (QED) is 0.928. The van der Waals surface area contributed by atoms with Crippen molar-refractivity contribution in [1.82, 2.24) is 15.0 Å². The molecule has 6 heteroatoms. The minimum atomic E-state index is -1.04. The third kappa shape index (κ3) is 2.49. The Hall–Kier alpha value is -2.37. The van der Waals surface area contributed by atoms with Gasteiger partial charge in [-0.15, -0.1) is 5.10 Å². The van der Waals surface area contributed by atoms with Gasteiger partial charge in [-0.05, 0) is 25.0 Å². The fourth-order valence-corrected chi connectivity index (χ4v) is 2.74. The predicted octanol–water partition coefficient (Wildman–Crippen LogP) is 1.85. The molecule has 1 aliphatic heterocycles. The average molecular weight is 287 g/mol. The molecule has 0 saturated carbocycles. The molecule has 0 bridgehead atoms. The largest absolute Gasteiger partial charge is 0.488 e. The normalized spacial score (nSPS) is 16.6. The van der Waals surface area contributed by atoms with E-state index in [0.717, 1.165) is 12.2 Å². The molecule has 0 saturated heterocycles. The molecule has 1 aromatic heterocycles. The van der Waals surface area contributed by atoms with Crippen LogP contribution in [0, 0.1) is 6.92 Å². The molecular weight excluding hydrogens is 270 g/mol. The molecule has 0 spiro atoms. The van der Waals surface area contributed by atoms with E-state index < -0.39 is 5.97 Å². The van der Waals surface area contributed by atoms with Crippen LogP contribution in [0.15, 0.2) is 18.2 Å². The first-order valence-electron chi connectivity index (χ1n) is 7.00. The van der Waals surface area contributed by atoms with Gasteiger partial charge >= 0.3 is 5.97 Å². The van der Waals surface area contributed by atoms with Crippen molar-refractivity contribution in [3.8, 4) is 5.75 Å². The second kappa shape index (κ2) is 5.20. The number of hydrogen-bond acceptors (Lipinski definition) is 4. The van der Waals surface area contributed by atoms with E-state index in [1.807, 2.05) is 19.1 Å². The highest BCUT2D eigenvalue weighted by Crippen LogP contribution is 2.30. The third-order valence-corrected chi connectivity index (χ3v) is 3.71. The summed E-state index contributed by atoms with van der Waals surface area (Å²) in [6.45, 7) is 4.46. The lowest BCUT2D eigenvalue weighted by atomic mass is 10.1. The summed E-state index contributed by atoms with van der Waals surface area (Å²) in [4.78, 5) is 11.1. The summed E-state index contributed by atoms with van der Waals surface area (Å²) in [6, 6.07) is 6.13. The zero-order chi connectivity index (χ0) is 15.0. The molecule has 3 rings (SSSR count). The molecule has 0 aliphatic carbocycles. The van der Waals surface area contributed by atoms with Gasteiger partial charge in [-0.1, -0.05) is 29.8 Å². The highest BCUT2D eigenvalue weighted by Gasteiger charge is 2.26. The number of fused-ring (bicyclic) bond motifs is 1. The highest BCUT2D eigenvalue weighted by atomic mass is 16.5. The van der Waals surface area contributed by atoms with Gasteiger partial charge in [0.1, 0.15) is 11.9 Å². The number of aryl methyl sites for hydroxylation is 1. The Bertz CT molecular complexity index is 693. The number of nitrogens with zero attached hydrogens (tertiary/aromatic N) is 3. The van der Waals surface area contributed by atoms with Gasteiger partial charge in [0.25, 0.3) is 0 Å². The number of carboxylic acid groups (broad SMARTS) is 1. The number of rotatable bonds is 4. The fraction of sp³-hybridized carbons (Fsp3) is 0.400. The number of aromatic nitrogens is 3. The van der Waals surface area contributed by atoms with Crippen LogP contribution in [0.2, 0.25) is 0 Å². The number of carboxylic acids is 1. The van der Waals surface area contributed by atoms with Gasteiger partial charge in [0.2, 0.25) is 0 Å². The van der Waals surface area contributed by atoms with Gasteiger partial charge < -0.3 is 9.84 Å². The van der Waals surface area contributed by atoms with Gasteiger partial charge in [0.05, 0.1) is 12.2 Å². The molecule has 1 unspecified atom stereocenters. The minimum absolute atomic E-state index is 0.0313. The molecule has 0 radical (unpaired) electrons. The molecule has 2 aromatic rings. The standard InChI is InChI=1S/C15H17N3O3/c1-3-12-14(15(19)20)16-17-18(12)8-11-7-10-6-9(2)4-5-13(10)21-11/h4-6,11H,3,7-8H2,1-2H3,(H,19,20). The minimum Gasteiger partial charge on any atom is -0.488 e. The van der Waals surface area contributed by atoms with Crippen LogP contribution in [-0.4, -0.2) is 32.2 Å². The maximum absolute atomic E-state index is 11.1. The lowest BCUT2D eigenvalue weighted by Gasteiger charge is -2.12. The molecule has 1 atom stereocenters. The summed E-state index contributed by atoms with van der Waals surface area (Å²) in [5, 5.41) is 16.8. The van der Waals surface area contributed by atoms with E-state index >= 15 is 0 Å². The van der Waals surface area contributed by atoms with E-state index in [1.54, 1.807) is 4.68 Å². The molecule has 110 valence electrons. The van der Waals surface area contributed by atoms with Gasteiger partial charge in [-0.3, -0.25) is 0 Å². The molecule has 1 aliphatic rings. The van der Waals surface area contributed by atoms with Crippen molar-refractivity contribution >= 4 is 5.97 Å². The maximum atomic E-state index is 11.1. The number of benzene rings is 1. The predicted molar refractivity (Wildman–Crippen MR) is 75.7 cm³/mol. The fourth-order valence-electron chi connectivity index (χ4n) is 2.74. The van der Waals surface area contributed by atoms with Crippen molar-refractivity contribution < 1.29 is 14.6 Å². The van der Waals surface area contributed by atoms with E-state index in [0.29, 0.717) is 18.7 Å². The lowest BCUT2D eigenvalue weighted by Crippen LogP contribution is -2.23. The Morgan fingerprint density at radius 1 is 1.52 bits per heavy atom. The van der Waals surface area contributed by atoms with E-state index in [4.69, 9.17) is 9.84 Å². The first-order valence-corrected chi connectivity index (χ1v) is 7.00. The van der Waals surface area contributed by atoms with Crippen molar-refractivity contribution in [3.63, 3.8) is 0 Å². The smallest absolute Gasteiger partial charge is 0.358 e. The topological polar surface area (TPSA) is 77.2 Å². The molecule has 6 nitrogen and oxygen atoms in total. The SMILES string of the molecule is CCc1c(C(=O)O)nnn1CC1Cc2cc(C)ccc2O1. The van der Waals surface area contributed by atoms with E-state index in [1.165, 1.54) is 11.1 Å². The van der Waals surface area contributed by atoms with E-state index in [2.05, 4.69) is 23.3 Å². The first kappa shape index (κ1) is 13.6. The van der Waals surface area contributed by atoms with Crippen LogP contribution in [0.4, 0.5) is 0 Å². The zero-order valence-corrected chi connectivity index (χ0v) is 12.0. The Kier molecular flexibility index (Phi) is 3.37. The summed E-state index contributed by atoms with van der Waals surface area (Å²) < 4.78 is 7.54. The Morgan fingerprint density at radius 3 is 3.05 bits per heavy atom. The van der Waals surface area contributed by atoms with Crippen molar-refractivity contribution in [2.45, 2.75) is 39.3 Å². The van der Waals surface area contributed by atoms with Crippen LogP contribution < -0.4 is 4.74 Å². The van der Waals surface area contributed by atoms with Crippen LogP contribution in [0.25, 0.3) is 0 Å².